The molecule has 2 rings (SSSR count). The maximum Gasteiger partial charge on any atom is 0.0407 e. The van der Waals surface area contributed by atoms with Crippen LogP contribution in [0.4, 0.5) is 0 Å². The van der Waals surface area contributed by atoms with Crippen molar-refractivity contribution in [1.82, 2.24) is 0 Å². The molecule has 0 fully saturated rings. The van der Waals surface area contributed by atoms with Crippen molar-refractivity contribution < 1.29 is 0 Å². The molecule has 0 nitrogen and oxygen atoms in total. The number of hydrogen-bond donors (Lipinski definition) is 0. The van der Waals surface area contributed by atoms with Crippen LogP contribution in [0, 0.1) is 0 Å². The number of thiophene rings is 1. The molecule has 1 heterocycles. The van der Waals surface area contributed by atoms with Crippen LogP contribution in [0.15, 0.2) is 35.7 Å². The van der Waals surface area contributed by atoms with Gasteiger partial charge in [0.25, 0.3) is 0 Å². The fourth-order valence-corrected chi connectivity index (χ4v) is 2.32. The monoisotopic (exact) mass is 208 g/mol. The van der Waals surface area contributed by atoms with E-state index in [-0.39, 0.29) is 0 Å². The third kappa shape index (κ3) is 1.77. The molecule has 1 aromatic carbocycles. The molecular formula is C11H9ClS. The number of halogens is 1. The van der Waals surface area contributed by atoms with Crippen LogP contribution < -0.4 is 0 Å². The Balaban J connectivity index is 2.52. The summed E-state index contributed by atoms with van der Waals surface area (Å²) in [4.78, 5) is 0. The second-order valence-electron chi connectivity index (χ2n) is 2.74. The van der Waals surface area contributed by atoms with Crippen molar-refractivity contribution >= 4 is 39.1 Å². The van der Waals surface area contributed by atoms with Gasteiger partial charge >= 0.3 is 0 Å². The Bertz CT molecular complexity index is 428. The molecule has 0 bridgehead atoms. The number of benzene rings is 1. The number of rotatable bonds is 2. The van der Waals surface area contributed by atoms with E-state index in [1.165, 1.54) is 15.6 Å². The first kappa shape index (κ1) is 8.79. The number of hydrogen-bond acceptors (Lipinski definition) is 1. The van der Waals surface area contributed by atoms with E-state index in [4.69, 9.17) is 11.6 Å². The summed E-state index contributed by atoms with van der Waals surface area (Å²) in [5, 5.41) is 3.47. The predicted octanol–water partition coefficient (Wildman–Crippen LogP) is 4.15. The minimum atomic E-state index is 0.574. The normalized spacial score (nSPS) is 11.5. The maximum atomic E-state index is 5.59. The molecule has 0 unspecified atom stereocenters. The first-order chi connectivity index (χ1) is 6.42. The molecule has 1 aromatic heterocycles. The van der Waals surface area contributed by atoms with E-state index < -0.39 is 0 Å². The van der Waals surface area contributed by atoms with Gasteiger partial charge in [-0.2, -0.15) is 0 Å². The summed E-state index contributed by atoms with van der Waals surface area (Å²) in [5.41, 5.74) is 1.27. The first-order valence-corrected chi connectivity index (χ1v) is 5.52. The van der Waals surface area contributed by atoms with Gasteiger partial charge < -0.3 is 0 Å². The summed E-state index contributed by atoms with van der Waals surface area (Å²) >= 11 is 7.36. The Labute approximate surface area is 86.5 Å². The van der Waals surface area contributed by atoms with Crippen molar-refractivity contribution in [1.29, 1.82) is 0 Å². The van der Waals surface area contributed by atoms with Crippen molar-refractivity contribution in [3.8, 4) is 0 Å². The van der Waals surface area contributed by atoms with Gasteiger partial charge in [-0.15, -0.1) is 22.9 Å². The predicted molar refractivity (Wildman–Crippen MR) is 61.6 cm³/mol. The smallest absolute Gasteiger partial charge is 0.0407 e. The molecule has 13 heavy (non-hydrogen) atoms. The largest absolute Gasteiger partial charge is 0.143 e. The first-order valence-electron chi connectivity index (χ1n) is 4.10. The highest BCUT2D eigenvalue weighted by Gasteiger charge is 1.98. The summed E-state index contributed by atoms with van der Waals surface area (Å²) in [7, 11) is 0. The van der Waals surface area contributed by atoms with Crippen LogP contribution in [0.2, 0.25) is 0 Å². The molecule has 0 saturated heterocycles. The fraction of sp³-hybridized carbons (Fsp3) is 0.0909. The number of allylic oxidation sites excluding steroid dienone is 1. The lowest BCUT2D eigenvalue weighted by Crippen LogP contribution is -1.67. The fourth-order valence-electron chi connectivity index (χ4n) is 1.30. The van der Waals surface area contributed by atoms with Gasteiger partial charge in [0.15, 0.2) is 0 Å². The van der Waals surface area contributed by atoms with Gasteiger partial charge in [-0.3, -0.25) is 0 Å². The molecule has 0 amide bonds. The highest BCUT2D eigenvalue weighted by molar-refractivity contribution is 7.17. The van der Waals surface area contributed by atoms with Crippen molar-refractivity contribution in [3.05, 3.63) is 41.3 Å². The second-order valence-corrected chi connectivity index (χ2v) is 3.96. The van der Waals surface area contributed by atoms with E-state index >= 15 is 0 Å². The zero-order valence-electron chi connectivity index (χ0n) is 7.03. The molecule has 0 spiro atoms. The highest BCUT2D eigenvalue weighted by atomic mass is 35.5. The molecule has 0 atom stereocenters. The molecule has 0 saturated carbocycles. The average Bonchev–Trinajstić information content (AvgIpc) is 2.58. The minimum absolute atomic E-state index is 0.574. The lowest BCUT2D eigenvalue weighted by atomic mass is 10.2. The van der Waals surface area contributed by atoms with Gasteiger partial charge in [0, 0.05) is 10.6 Å². The maximum absolute atomic E-state index is 5.59. The number of fused-ring (bicyclic) bond motifs is 1. The van der Waals surface area contributed by atoms with Crippen LogP contribution in [0.3, 0.4) is 0 Å². The summed E-state index contributed by atoms with van der Waals surface area (Å²) in [6, 6.07) is 8.40. The van der Waals surface area contributed by atoms with Gasteiger partial charge in [-0.1, -0.05) is 30.4 Å². The van der Waals surface area contributed by atoms with Gasteiger partial charge in [-0.25, -0.2) is 0 Å². The van der Waals surface area contributed by atoms with Crippen LogP contribution in [-0.2, 0) is 0 Å². The van der Waals surface area contributed by atoms with Crippen molar-refractivity contribution in [3.63, 3.8) is 0 Å². The molecule has 2 heteroatoms. The SMILES string of the molecule is ClCC=Cc1csc2ccccc12. The van der Waals surface area contributed by atoms with Crippen LogP contribution in [0.25, 0.3) is 16.2 Å². The number of alkyl halides is 1. The third-order valence-electron chi connectivity index (χ3n) is 1.90. The molecule has 0 aliphatic carbocycles. The van der Waals surface area contributed by atoms with Crippen molar-refractivity contribution in [2.24, 2.45) is 0 Å². The van der Waals surface area contributed by atoms with E-state index in [1.807, 2.05) is 6.08 Å². The van der Waals surface area contributed by atoms with E-state index in [0.717, 1.165) is 0 Å². The Hall–Kier alpha value is -0.790. The van der Waals surface area contributed by atoms with Crippen LogP contribution >= 0.6 is 22.9 Å². The van der Waals surface area contributed by atoms with Gasteiger partial charge in [-0.05, 0) is 22.4 Å². The van der Waals surface area contributed by atoms with Crippen LogP contribution in [0.5, 0.6) is 0 Å². The molecular weight excluding hydrogens is 200 g/mol. The summed E-state index contributed by atoms with van der Waals surface area (Å²) < 4.78 is 1.33. The molecule has 0 N–H and O–H groups in total. The van der Waals surface area contributed by atoms with Crippen molar-refractivity contribution in [2.75, 3.05) is 5.88 Å². The zero-order chi connectivity index (χ0) is 9.10. The highest BCUT2D eigenvalue weighted by Crippen LogP contribution is 2.26. The Morgan fingerprint density at radius 2 is 2.15 bits per heavy atom. The van der Waals surface area contributed by atoms with Gasteiger partial charge in [0.1, 0.15) is 0 Å². The van der Waals surface area contributed by atoms with Crippen LogP contribution in [-0.4, -0.2) is 5.88 Å². The zero-order valence-corrected chi connectivity index (χ0v) is 8.61. The van der Waals surface area contributed by atoms with E-state index in [0.29, 0.717) is 5.88 Å². The third-order valence-corrected chi connectivity index (χ3v) is 3.06. The summed E-state index contributed by atoms with van der Waals surface area (Å²) in [5.74, 6) is 0.574. The second kappa shape index (κ2) is 3.95. The van der Waals surface area contributed by atoms with E-state index in [1.54, 1.807) is 11.3 Å². The average molecular weight is 209 g/mol. The lowest BCUT2D eigenvalue weighted by Gasteiger charge is -1.89. The molecule has 0 radical (unpaired) electrons. The van der Waals surface area contributed by atoms with E-state index in [2.05, 4.69) is 35.7 Å². The minimum Gasteiger partial charge on any atom is -0.143 e. The molecule has 0 aliphatic rings. The van der Waals surface area contributed by atoms with Crippen LogP contribution in [0.1, 0.15) is 5.56 Å². The lowest BCUT2D eigenvalue weighted by molar-refractivity contribution is 1.77. The Morgan fingerprint density at radius 3 is 3.00 bits per heavy atom. The summed E-state index contributed by atoms with van der Waals surface area (Å²) in [6.45, 7) is 0. The molecule has 0 aliphatic heterocycles. The topological polar surface area (TPSA) is 0 Å². The van der Waals surface area contributed by atoms with Crippen molar-refractivity contribution in [2.45, 2.75) is 0 Å². The van der Waals surface area contributed by atoms with Gasteiger partial charge in [0.2, 0.25) is 0 Å². The Kier molecular flexibility index (Phi) is 2.67. The van der Waals surface area contributed by atoms with E-state index in [9.17, 15) is 0 Å². The standard InChI is InChI=1S/C11H9ClS/c12-7-3-4-9-8-13-11-6-2-1-5-10(9)11/h1-6,8H,7H2. The quantitative estimate of drug-likeness (QED) is 0.651. The molecule has 66 valence electrons. The Morgan fingerprint density at radius 1 is 1.31 bits per heavy atom. The molecule has 2 aromatic rings. The van der Waals surface area contributed by atoms with Gasteiger partial charge in [0.05, 0.1) is 0 Å². The summed E-state index contributed by atoms with van der Waals surface area (Å²) in [6.07, 6.45) is 4.04.